The van der Waals surface area contributed by atoms with Crippen molar-refractivity contribution >= 4 is 11.8 Å². The summed E-state index contributed by atoms with van der Waals surface area (Å²) in [6, 6.07) is 0.225. The van der Waals surface area contributed by atoms with Crippen LogP contribution in [0, 0.1) is 52.3 Å². The molecule has 3 heterocycles. The molecular weight excluding hydrogens is 524 g/mol. The van der Waals surface area contributed by atoms with Crippen molar-refractivity contribution in [3.8, 4) is 0 Å². The molecule has 0 aromatic heterocycles. The molecule has 4 saturated carbocycles. The van der Waals surface area contributed by atoms with Gasteiger partial charge in [0.1, 0.15) is 12.1 Å². The topological polar surface area (TPSA) is 73.9 Å². The zero-order valence-corrected chi connectivity index (χ0v) is 27.1. The summed E-state index contributed by atoms with van der Waals surface area (Å²) in [5.74, 6) is 5.08. The van der Waals surface area contributed by atoms with Crippen molar-refractivity contribution in [1.29, 1.82) is 0 Å². The minimum absolute atomic E-state index is 0.00572. The lowest BCUT2D eigenvalue weighted by Crippen LogP contribution is -2.58. The third-order valence-electron chi connectivity index (χ3n) is 14.7. The summed E-state index contributed by atoms with van der Waals surface area (Å²) >= 11 is 0. The largest absolute Gasteiger partial charge is 0.357 e. The number of hydrogen-bond donors (Lipinski definition) is 2. The summed E-state index contributed by atoms with van der Waals surface area (Å²) in [5, 5.41) is 7.21. The zero-order chi connectivity index (χ0) is 29.4. The van der Waals surface area contributed by atoms with Gasteiger partial charge in [0.2, 0.25) is 11.8 Å². The number of ether oxygens (including phenoxy) is 1. The third-order valence-corrected chi connectivity index (χ3v) is 14.7. The number of amides is 2. The first-order valence-corrected chi connectivity index (χ1v) is 17.7. The van der Waals surface area contributed by atoms with E-state index in [1.54, 1.807) is 0 Å². The Morgan fingerprint density at radius 3 is 2.40 bits per heavy atom. The number of fused-ring (bicyclic) bond motifs is 7. The highest BCUT2D eigenvalue weighted by Crippen LogP contribution is 2.71. The summed E-state index contributed by atoms with van der Waals surface area (Å²) in [6.07, 6.45) is 12.9. The number of hydrogen-bond acceptors (Lipinski definition) is 5. The Morgan fingerprint density at radius 1 is 0.905 bits per heavy atom. The standard InChI is InChI=1S/C35H58N4O3/c1-22-8-13-35(36-21-22)23(2)32-29(42-35)19-28-26-7-6-24-18-25(9-11-33(24,3)27(26)10-12-34(28,32)4)37-30(40)20-31(41)39-16-14-38(5)15-17-39/h22-29,32,36H,6-21H2,1-5H3,(H,37,40)/t22-,23+,24+,25+,26-,27+,28+,29+,32+,33+,34+,35-/m1/s1. The van der Waals surface area contributed by atoms with Crippen LogP contribution in [-0.2, 0) is 14.3 Å². The van der Waals surface area contributed by atoms with Crippen LogP contribution in [0.2, 0.25) is 0 Å². The number of nitrogens with one attached hydrogen (secondary N) is 2. The van der Waals surface area contributed by atoms with Crippen LogP contribution in [0.4, 0.5) is 0 Å². The predicted molar refractivity (Wildman–Crippen MR) is 164 cm³/mol. The first kappa shape index (κ1) is 29.5. The van der Waals surface area contributed by atoms with Crippen molar-refractivity contribution in [2.24, 2.45) is 52.3 Å². The van der Waals surface area contributed by atoms with Gasteiger partial charge in [0, 0.05) is 44.7 Å². The fourth-order valence-corrected chi connectivity index (χ4v) is 12.2. The number of piperidine rings is 1. The number of carbonyl (C=O) groups excluding carboxylic acids is 2. The zero-order valence-electron chi connectivity index (χ0n) is 27.1. The SMILES string of the molecule is C[C@@H]1CC[C@@]2(NC1)O[C@H]1C[C@H]3[C@@H]4CC[C@H]5C[C@@H](NC(=O)CC(=O)N6CCN(C)CC6)CC[C@]5(C)[C@H]4CC[C@]3(C)[C@H]1[C@@H]2C. The molecule has 0 bridgehead atoms. The van der Waals surface area contributed by atoms with Crippen LogP contribution in [0.5, 0.6) is 0 Å². The first-order chi connectivity index (χ1) is 20.0. The maximum Gasteiger partial charge on any atom is 0.232 e. The van der Waals surface area contributed by atoms with Crippen LogP contribution in [0.15, 0.2) is 0 Å². The molecule has 0 aromatic rings. The number of piperazine rings is 1. The second-order valence-corrected chi connectivity index (χ2v) is 16.7. The summed E-state index contributed by atoms with van der Waals surface area (Å²) < 4.78 is 7.08. The molecule has 12 atom stereocenters. The van der Waals surface area contributed by atoms with E-state index >= 15 is 0 Å². The molecule has 7 aliphatic rings. The molecule has 2 N–H and O–H groups in total. The van der Waals surface area contributed by atoms with Gasteiger partial charge in [-0.05, 0) is 118 Å². The van der Waals surface area contributed by atoms with Gasteiger partial charge in [0.25, 0.3) is 0 Å². The van der Waals surface area contributed by atoms with Gasteiger partial charge in [0.15, 0.2) is 0 Å². The van der Waals surface area contributed by atoms with Gasteiger partial charge in [-0.25, -0.2) is 0 Å². The monoisotopic (exact) mass is 582 g/mol. The Kier molecular flexibility index (Phi) is 7.54. The van der Waals surface area contributed by atoms with E-state index in [4.69, 9.17) is 4.74 Å². The molecular formula is C35H58N4O3. The Balaban J connectivity index is 0.971. The molecule has 7 heteroatoms. The predicted octanol–water partition coefficient (Wildman–Crippen LogP) is 4.65. The van der Waals surface area contributed by atoms with E-state index in [0.29, 0.717) is 34.7 Å². The highest BCUT2D eigenvalue weighted by molar-refractivity contribution is 5.97. The van der Waals surface area contributed by atoms with Gasteiger partial charge in [-0.2, -0.15) is 0 Å². The van der Waals surface area contributed by atoms with E-state index in [9.17, 15) is 9.59 Å². The number of nitrogens with zero attached hydrogens (tertiary/aromatic N) is 2. The highest BCUT2D eigenvalue weighted by atomic mass is 16.5. The van der Waals surface area contributed by atoms with Crippen molar-refractivity contribution in [3.63, 3.8) is 0 Å². The van der Waals surface area contributed by atoms with Crippen LogP contribution >= 0.6 is 0 Å². The van der Waals surface area contributed by atoms with Crippen LogP contribution in [0.1, 0.15) is 98.3 Å². The van der Waals surface area contributed by atoms with Crippen molar-refractivity contribution in [3.05, 3.63) is 0 Å². The van der Waals surface area contributed by atoms with Crippen molar-refractivity contribution < 1.29 is 14.3 Å². The third kappa shape index (κ3) is 4.69. The van der Waals surface area contributed by atoms with Crippen LogP contribution < -0.4 is 10.6 Å². The normalized spacial score (nSPS) is 50.5. The molecule has 7 nitrogen and oxygen atoms in total. The van der Waals surface area contributed by atoms with Gasteiger partial charge < -0.3 is 19.9 Å². The molecule has 3 saturated heterocycles. The molecule has 1 spiro atoms. The minimum Gasteiger partial charge on any atom is -0.357 e. The van der Waals surface area contributed by atoms with Crippen molar-refractivity contribution in [1.82, 2.24) is 20.4 Å². The Labute approximate surface area is 254 Å². The first-order valence-electron chi connectivity index (χ1n) is 17.7. The fourth-order valence-electron chi connectivity index (χ4n) is 12.2. The van der Waals surface area contributed by atoms with Crippen LogP contribution in [0.3, 0.4) is 0 Å². The average Bonchev–Trinajstić information content (AvgIpc) is 3.40. The number of likely N-dealkylation sites (N-methyl/N-ethyl adjacent to an activating group) is 1. The molecule has 236 valence electrons. The molecule has 42 heavy (non-hydrogen) atoms. The van der Waals surface area contributed by atoms with Crippen molar-refractivity contribution in [2.75, 3.05) is 39.8 Å². The van der Waals surface area contributed by atoms with Gasteiger partial charge >= 0.3 is 0 Å². The maximum absolute atomic E-state index is 12.9. The van der Waals surface area contributed by atoms with Gasteiger partial charge in [0.05, 0.1) is 6.10 Å². The van der Waals surface area contributed by atoms with E-state index < -0.39 is 0 Å². The van der Waals surface area contributed by atoms with Crippen LogP contribution in [-0.4, -0.2) is 79.3 Å². The van der Waals surface area contributed by atoms with Gasteiger partial charge in [-0.15, -0.1) is 0 Å². The summed E-state index contributed by atoms with van der Waals surface area (Å²) in [5.41, 5.74) is 0.714. The Morgan fingerprint density at radius 2 is 1.67 bits per heavy atom. The number of carbonyl (C=O) groups is 2. The quantitative estimate of drug-likeness (QED) is 0.474. The summed E-state index contributed by atoms with van der Waals surface area (Å²) in [4.78, 5) is 29.8. The van der Waals surface area contributed by atoms with E-state index in [-0.39, 0.29) is 30.0 Å². The maximum atomic E-state index is 12.9. The molecule has 2 amide bonds. The molecule has 0 aromatic carbocycles. The molecule has 0 unspecified atom stereocenters. The minimum atomic E-state index is -0.0752. The molecule has 0 radical (unpaired) electrons. The summed E-state index contributed by atoms with van der Waals surface area (Å²) in [6.45, 7) is 14.5. The Bertz CT molecular complexity index is 1050. The van der Waals surface area contributed by atoms with Crippen LogP contribution in [0.25, 0.3) is 0 Å². The molecule has 4 aliphatic carbocycles. The van der Waals surface area contributed by atoms with E-state index in [0.717, 1.165) is 69.2 Å². The lowest BCUT2D eigenvalue weighted by molar-refractivity contribution is -0.139. The average molecular weight is 583 g/mol. The van der Waals surface area contributed by atoms with E-state index in [1.165, 1.54) is 51.4 Å². The summed E-state index contributed by atoms with van der Waals surface area (Å²) in [7, 11) is 2.09. The number of rotatable bonds is 3. The smallest absolute Gasteiger partial charge is 0.232 e. The molecule has 7 fully saturated rings. The fraction of sp³-hybridized carbons (Fsp3) is 0.943. The van der Waals surface area contributed by atoms with E-state index in [1.807, 2.05) is 4.90 Å². The van der Waals surface area contributed by atoms with Gasteiger partial charge in [-0.1, -0.05) is 27.7 Å². The second-order valence-electron chi connectivity index (χ2n) is 16.7. The highest BCUT2D eigenvalue weighted by Gasteiger charge is 2.68. The second kappa shape index (κ2) is 10.7. The molecule has 7 rings (SSSR count). The van der Waals surface area contributed by atoms with Gasteiger partial charge in [-0.3, -0.25) is 14.9 Å². The lowest BCUT2D eigenvalue weighted by atomic mass is 9.44. The lowest BCUT2D eigenvalue weighted by Gasteiger charge is -2.61. The van der Waals surface area contributed by atoms with E-state index in [2.05, 4.69) is 50.3 Å². The molecule has 3 aliphatic heterocycles. The Hall–Kier alpha value is -1.18. The van der Waals surface area contributed by atoms with Crippen molar-refractivity contribution in [2.45, 2.75) is 116 Å².